The van der Waals surface area contributed by atoms with Crippen LogP contribution in [0.15, 0.2) is 6.20 Å². The van der Waals surface area contributed by atoms with Gasteiger partial charge in [0.25, 0.3) is 0 Å². The van der Waals surface area contributed by atoms with Gasteiger partial charge in [-0.15, -0.1) is 5.10 Å². The summed E-state index contributed by atoms with van der Waals surface area (Å²) in [5.74, 6) is 0. The first-order chi connectivity index (χ1) is 6.24. The lowest BCUT2D eigenvalue weighted by atomic mass is 9.67. The van der Waals surface area contributed by atoms with Gasteiger partial charge in [0.15, 0.2) is 0 Å². The number of aryl methyl sites for hydroxylation is 1. The van der Waals surface area contributed by atoms with Crippen LogP contribution in [0, 0.1) is 16.7 Å². The molecule has 13 heavy (non-hydrogen) atoms. The highest BCUT2D eigenvalue weighted by Crippen LogP contribution is 2.42. The molecule has 0 atom stereocenters. The topological polar surface area (TPSA) is 54.5 Å². The van der Waals surface area contributed by atoms with Crippen LogP contribution in [0.3, 0.4) is 0 Å². The predicted molar refractivity (Wildman–Crippen MR) is 46.6 cm³/mol. The van der Waals surface area contributed by atoms with Crippen molar-refractivity contribution in [2.45, 2.75) is 25.7 Å². The van der Waals surface area contributed by atoms with Crippen LogP contribution in [0.4, 0.5) is 0 Å². The van der Waals surface area contributed by atoms with E-state index in [4.69, 9.17) is 5.26 Å². The van der Waals surface area contributed by atoms with Gasteiger partial charge in [-0.3, -0.25) is 4.68 Å². The lowest BCUT2D eigenvalue weighted by Gasteiger charge is -2.34. The smallest absolute Gasteiger partial charge is 0.0842 e. The summed E-state index contributed by atoms with van der Waals surface area (Å²) in [5.41, 5.74) is 0.805. The monoisotopic (exact) mass is 176 g/mol. The zero-order valence-electron chi connectivity index (χ0n) is 7.69. The molecule has 4 heteroatoms. The van der Waals surface area contributed by atoms with Gasteiger partial charge in [-0.25, -0.2) is 0 Å². The number of aromatic nitrogens is 3. The quantitative estimate of drug-likeness (QED) is 0.676. The Morgan fingerprint density at radius 2 is 2.46 bits per heavy atom. The van der Waals surface area contributed by atoms with Crippen LogP contribution in [-0.2, 0) is 13.5 Å². The largest absolute Gasteiger partial charge is 0.255 e. The predicted octanol–water partition coefficient (Wildman–Crippen LogP) is 1.05. The van der Waals surface area contributed by atoms with Gasteiger partial charge in [-0.2, -0.15) is 5.26 Å². The number of nitriles is 1. The molecule has 0 bridgehead atoms. The molecule has 0 unspecified atom stereocenters. The van der Waals surface area contributed by atoms with E-state index in [-0.39, 0.29) is 5.41 Å². The maximum absolute atomic E-state index is 9.00. The van der Waals surface area contributed by atoms with E-state index >= 15 is 0 Å². The minimum Gasteiger partial charge on any atom is -0.255 e. The third-order valence-electron chi connectivity index (χ3n) is 2.72. The van der Waals surface area contributed by atoms with Gasteiger partial charge in [-0.1, -0.05) is 11.6 Å². The van der Waals surface area contributed by atoms with Crippen molar-refractivity contribution in [1.82, 2.24) is 15.0 Å². The van der Waals surface area contributed by atoms with Crippen LogP contribution < -0.4 is 0 Å². The maximum atomic E-state index is 9.00. The van der Waals surface area contributed by atoms with E-state index in [1.165, 1.54) is 6.42 Å². The van der Waals surface area contributed by atoms with Crippen LogP contribution in [-0.4, -0.2) is 15.0 Å². The van der Waals surface area contributed by atoms with Crippen molar-refractivity contribution in [3.8, 4) is 6.07 Å². The summed E-state index contributed by atoms with van der Waals surface area (Å²) in [4.78, 5) is 0. The van der Waals surface area contributed by atoms with E-state index in [1.807, 2.05) is 13.2 Å². The van der Waals surface area contributed by atoms with Crippen molar-refractivity contribution in [3.05, 3.63) is 11.9 Å². The van der Waals surface area contributed by atoms with E-state index in [0.29, 0.717) is 0 Å². The minimum absolute atomic E-state index is 0.129. The van der Waals surface area contributed by atoms with E-state index in [9.17, 15) is 0 Å². The first-order valence-electron chi connectivity index (χ1n) is 4.51. The van der Waals surface area contributed by atoms with E-state index in [2.05, 4.69) is 16.4 Å². The lowest BCUT2D eigenvalue weighted by molar-refractivity contribution is 0.212. The molecule has 1 aromatic rings. The van der Waals surface area contributed by atoms with Gasteiger partial charge in [0.1, 0.15) is 0 Å². The molecule has 0 radical (unpaired) electrons. The Morgan fingerprint density at radius 3 is 2.85 bits per heavy atom. The molecule has 0 aromatic carbocycles. The molecule has 1 heterocycles. The summed E-state index contributed by atoms with van der Waals surface area (Å²) in [6.45, 7) is 0. The molecule has 1 fully saturated rings. The number of nitrogens with zero attached hydrogens (tertiary/aromatic N) is 4. The molecule has 1 aliphatic rings. The molecule has 1 aromatic heterocycles. The van der Waals surface area contributed by atoms with Crippen LogP contribution in [0.1, 0.15) is 25.0 Å². The van der Waals surface area contributed by atoms with Crippen LogP contribution in [0.2, 0.25) is 0 Å². The molecule has 1 aliphatic carbocycles. The number of hydrogen-bond donors (Lipinski definition) is 0. The Bertz CT molecular complexity index is 343. The average molecular weight is 176 g/mol. The van der Waals surface area contributed by atoms with Gasteiger partial charge in [-0.05, 0) is 12.8 Å². The number of rotatable bonds is 2. The van der Waals surface area contributed by atoms with E-state index in [1.54, 1.807) is 4.68 Å². The Morgan fingerprint density at radius 1 is 1.69 bits per heavy atom. The fourth-order valence-electron chi connectivity index (χ4n) is 1.75. The Labute approximate surface area is 77.2 Å². The minimum atomic E-state index is -0.129. The van der Waals surface area contributed by atoms with Crippen LogP contribution >= 0.6 is 0 Å². The zero-order chi connectivity index (χ0) is 9.31. The summed E-state index contributed by atoms with van der Waals surface area (Å²) >= 11 is 0. The highest BCUT2D eigenvalue weighted by atomic mass is 15.4. The van der Waals surface area contributed by atoms with E-state index < -0.39 is 0 Å². The second-order valence-electron chi connectivity index (χ2n) is 3.81. The maximum Gasteiger partial charge on any atom is 0.0842 e. The van der Waals surface area contributed by atoms with Gasteiger partial charge < -0.3 is 0 Å². The molecule has 1 saturated carbocycles. The van der Waals surface area contributed by atoms with E-state index in [0.717, 1.165) is 25.0 Å². The molecule has 0 saturated heterocycles. The standard InChI is InChI=1S/C9H12N4/c1-13-6-8(11-12-13)5-9(7-10)3-2-4-9/h6H,2-5H2,1H3. The average Bonchev–Trinajstić information content (AvgIpc) is 2.44. The molecule has 4 nitrogen and oxygen atoms in total. The first kappa shape index (κ1) is 8.24. The second-order valence-corrected chi connectivity index (χ2v) is 3.81. The molecule has 2 rings (SSSR count). The third-order valence-corrected chi connectivity index (χ3v) is 2.72. The molecule has 0 N–H and O–H groups in total. The third kappa shape index (κ3) is 1.42. The summed E-state index contributed by atoms with van der Waals surface area (Å²) in [6, 6.07) is 2.40. The molecule has 68 valence electrons. The van der Waals surface area contributed by atoms with Crippen molar-refractivity contribution >= 4 is 0 Å². The fourth-order valence-corrected chi connectivity index (χ4v) is 1.75. The summed E-state index contributed by atoms with van der Waals surface area (Å²) < 4.78 is 1.68. The van der Waals surface area contributed by atoms with Gasteiger partial charge in [0.2, 0.25) is 0 Å². The van der Waals surface area contributed by atoms with Crippen molar-refractivity contribution in [2.75, 3.05) is 0 Å². The van der Waals surface area contributed by atoms with Crippen molar-refractivity contribution in [1.29, 1.82) is 5.26 Å². The van der Waals surface area contributed by atoms with Crippen molar-refractivity contribution in [3.63, 3.8) is 0 Å². The van der Waals surface area contributed by atoms with Gasteiger partial charge in [0.05, 0.1) is 17.2 Å². The number of hydrogen-bond acceptors (Lipinski definition) is 3. The second kappa shape index (κ2) is 2.84. The molecule has 0 amide bonds. The highest BCUT2D eigenvalue weighted by Gasteiger charge is 2.37. The molecule has 0 spiro atoms. The summed E-state index contributed by atoms with van der Waals surface area (Å²) in [7, 11) is 1.84. The van der Waals surface area contributed by atoms with Crippen LogP contribution in [0.5, 0.6) is 0 Å². The SMILES string of the molecule is Cn1cc(CC2(C#N)CCC2)nn1. The normalized spacial score (nSPS) is 19.1. The summed E-state index contributed by atoms with van der Waals surface area (Å²) in [5, 5.41) is 16.8. The Balaban J connectivity index is 2.09. The molecular formula is C9H12N4. The Hall–Kier alpha value is -1.37. The van der Waals surface area contributed by atoms with Gasteiger partial charge >= 0.3 is 0 Å². The fraction of sp³-hybridized carbons (Fsp3) is 0.667. The summed E-state index contributed by atoms with van der Waals surface area (Å²) in [6.07, 6.45) is 5.85. The zero-order valence-corrected chi connectivity index (χ0v) is 7.69. The van der Waals surface area contributed by atoms with Crippen molar-refractivity contribution in [2.24, 2.45) is 12.5 Å². The van der Waals surface area contributed by atoms with Gasteiger partial charge in [0, 0.05) is 19.7 Å². The van der Waals surface area contributed by atoms with Crippen LogP contribution in [0.25, 0.3) is 0 Å². The molecular weight excluding hydrogens is 164 g/mol. The first-order valence-corrected chi connectivity index (χ1v) is 4.51. The highest BCUT2D eigenvalue weighted by molar-refractivity contribution is 5.11. The molecule has 0 aliphatic heterocycles. The lowest BCUT2D eigenvalue weighted by Crippen LogP contribution is -2.30. The Kier molecular flexibility index (Phi) is 1.80. The van der Waals surface area contributed by atoms with Crippen molar-refractivity contribution < 1.29 is 0 Å².